The Balaban J connectivity index is 1.45. The molecule has 1 aromatic rings. The summed E-state index contributed by atoms with van der Waals surface area (Å²) in [6.07, 6.45) is 1.95. The molecule has 0 aliphatic carbocycles. The zero-order chi connectivity index (χ0) is 16.9. The Morgan fingerprint density at radius 1 is 1.17 bits per heavy atom. The number of amides is 2. The molecule has 0 spiro atoms. The maximum Gasteiger partial charge on any atom is 0.312 e. The Bertz CT molecular complexity index is 579. The van der Waals surface area contributed by atoms with Crippen LogP contribution in [0.25, 0.3) is 0 Å². The summed E-state index contributed by atoms with van der Waals surface area (Å²) in [6.45, 7) is 3.31. The van der Waals surface area contributed by atoms with Gasteiger partial charge in [0.15, 0.2) is 0 Å². The first kappa shape index (κ1) is 16.7. The summed E-state index contributed by atoms with van der Waals surface area (Å²) >= 11 is 0. The molecule has 2 aliphatic heterocycles. The first-order chi connectivity index (χ1) is 11.6. The van der Waals surface area contributed by atoms with Crippen molar-refractivity contribution in [2.75, 3.05) is 44.2 Å². The molecular formula is C17H22FN3O3. The second-order valence-electron chi connectivity index (χ2n) is 6.10. The van der Waals surface area contributed by atoms with E-state index in [9.17, 15) is 14.0 Å². The van der Waals surface area contributed by atoms with Crippen LogP contribution in [0.15, 0.2) is 24.3 Å². The van der Waals surface area contributed by atoms with Crippen LogP contribution >= 0.6 is 0 Å². The van der Waals surface area contributed by atoms with Gasteiger partial charge in [-0.3, -0.25) is 9.59 Å². The molecule has 0 saturated carbocycles. The molecule has 1 N–H and O–H groups in total. The fourth-order valence-electron chi connectivity index (χ4n) is 3.05. The van der Waals surface area contributed by atoms with Crippen LogP contribution in [0.3, 0.4) is 0 Å². The third-order valence-electron chi connectivity index (χ3n) is 4.47. The SMILES string of the molecule is O=C(NCC1CCCO1)C(=O)N1CCN(c2ccc(F)cc2)CC1. The average molecular weight is 335 g/mol. The smallest absolute Gasteiger partial charge is 0.312 e. The van der Waals surface area contributed by atoms with Crippen LogP contribution in [0.5, 0.6) is 0 Å². The molecular weight excluding hydrogens is 313 g/mol. The number of anilines is 1. The number of nitrogens with one attached hydrogen (secondary N) is 1. The van der Waals surface area contributed by atoms with Crippen molar-refractivity contribution < 1.29 is 18.7 Å². The van der Waals surface area contributed by atoms with Crippen molar-refractivity contribution in [3.8, 4) is 0 Å². The van der Waals surface area contributed by atoms with Gasteiger partial charge in [0.05, 0.1) is 6.10 Å². The highest BCUT2D eigenvalue weighted by Gasteiger charge is 2.27. The fraction of sp³-hybridized carbons (Fsp3) is 0.529. The Morgan fingerprint density at radius 2 is 1.88 bits per heavy atom. The van der Waals surface area contributed by atoms with Crippen LogP contribution in [0, 0.1) is 5.82 Å². The summed E-state index contributed by atoms with van der Waals surface area (Å²) in [4.78, 5) is 27.8. The Labute approximate surface area is 140 Å². The minimum atomic E-state index is -0.569. The number of rotatable bonds is 3. The molecule has 6 nitrogen and oxygen atoms in total. The molecule has 7 heteroatoms. The van der Waals surface area contributed by atoms with Gasteiger partial charge in [-0.25, -0.2) is 4.39 Å². The summed E-state index contributed by atoms with van der Waals surface area (Å²) in [5, 5.41) is 2.66. The maximum absolute atomic E-state index is 13.0. The van der Waals surface area contributed by atoms with Crippen LogP contribution < -0.4 is 10.2 Å². The van der Waals surface area contributed by atoms with Crippen LogP contribution in [0.4, 0.5) is 10.1 Å². The molecule has 2 aliphatic rings. The number of hydrogen-bond donors (Lipinski definition) is 1. The van der Waals surface area contributed by atoms with Crippen LogP contribution in [-0.4, -0.2) is 62.1 Å². The molecule has 1 aromatic carbocycles. The highest BCUT2D eigenvalue weighted by Crippen LogP contribution is 2.17. The summed E-state index contributed by atoms with van der Waals surface area (Å²) < 4.78 is 18.4. The summed E-state index contributed by atoms with van der Waals surface area (Å²) in [7, 11) is 0. The van der Waals surface area contributed by atoms with Crippen molar-refractivity contribution >= 4 is 17.5 Å². The van der Waals surface area contributed by atoms with Gasteiger partial charge in [0.1, 0.15) is 5.82 Å². The number of benzene rings is 1. The molecule has 1 atom stereocenters. The molecule has 1 unspecified atom stereocenters. The second-order valence-corrected chi connectivity index (χ2v) is 6.10. The standard InChI is InChI=1S/C17H22FN3O3/c18-13-3-5-14(6-4-13)20-7-9-21(10-8-20)17(23)16(22)19-12-15-2-1-11-24-15/h3-6,15H,1-2,7-12H2,(H,19,22). The lowest BCUT2D eigenvalue weighted by atomic mass is 10.2. The molecule has 3 rings (SSSR count). The molecule has 24 heavy (non-hydrogen) atoms. The van der Waals surface area contributed by atoms with Gasteiger partial charge in [-0.05, 0) is 37.1 Å². The van der Waals surface area contributed by atoms with Gasteiger partial charge in [0.25, 0.3) is 0 Å². The van der Waals surface area contributed by atoms with E-state index in [1.807, 2.05) is 0 Å². The van der Waals surface area contributed by atoms with Gasteiger partial charge in [0, 0.05) is 45.0 Å². The Kier molecular flexibility index (Phi) is 5.30. The van der Waals surface area contributed by atoms with Crippen molar-refractivity contribution in [1.82, 2.24) is 10.2 Å². The van der Waals surface area contributed by atoms with Gasteiger partial charge in [0.2, 0.25) is 0 Å². The van der Waals surface area contributed by atoms with Crippen molar-refractivity contribution in [3.05, 3.63) is 30.1 Å². The minimum absolute atomic E-state index is 0.0251. The van der Waals surface area contributed by atoms with E-state index in [1.165, 1.54) is 12.1 Å². The van der Waals surface area contributed by atoms with Gasteiger partial charge >= 0.3 is 11.8 Å². The Morgan fingerprint density at radius 3 is 2.50 bits per heavy atom. The second kappa shape index (κ2) is 7.61. The van der Waals surface area contributed by atoms with Crippen LogP contribution in [0.2, 0.25) is 0 Å². The third kappa shape index (κ3) is 4.03. The molecule has 2 amide bonds. The number of hydrogen-bond acceptors (Lipinski definition) is 4. The van der Waals surface area contributed by atoms with Crippen molar-refractivity contribution in [2.45, 2.75) is 18.9 Å². The highest BCUT2D eigenvalue weighted by molar-refractivity contribution is 6.35. The van der Waals surface area contributed by atoms with Crippen LogP contribution in [0.1, 0.15) is 12.8 Å². The molecule has 0 aromatic heterocycles. The van der Waals surface area contributed by atoms with Crippen LogP contribution in [-0.2, 0) is 14.3 Å². The number of ether oxygens (including phenoxy) is 1. The Hall–Kier alpha value is -2.15. The summed E-state index contributed by atoms with van der Waals surface area (Å²) in [6, 6.07) is 6.29. The van der Waals surface area contributed by atoms with Crippen molar-refractivity contribution in [3.63, 3.8) is 0 Å². The maximum atomic E-state index is 13.0. The zero-order valence-electron chi connectivity index (χ0n) is 13.5. The quantitative estimate of drug-likeness (QED) is 0.829. The molecule has 2 saturated heterocycles. The summed E-state index contributed by atoms with van der Waals surface area (Å²) in [5.41, 5.74) is 0.923. The zero-order valence-corrected chi connectivity index (χ0v) is 13.5. The molecule has 2 heterocycles. The fourth-order valence-corrected chi connectivity index (χ4v) is 3.05. The van der Waals surface area contributed by atoms with Gasteiger partial charge in [-0.1, -0.05) is 0 Å². The van der Waals surface area contributed by atoms with E-state index in [4.69, 9.17) is 4.74 Å². The molecule has 130 valence electrons. The average Bonchev–Trinajstić information content (AvgIpc) is 3.13. The van der Waals surface area contributed by atoms with Gasteiger partial charge < -0.3 is 19.9 Å². The van der Waals surface area contributed by atoms with E-state index in [0.29, 0.717) is 32.7 Å². The molecule has 2 fully saturated rings. The van der Waals surface area contributed by atoms with E-state index < -0.39 is 11.8 Å². The van der Waals surface area contributed by atoms with E-state index in [0.717, 1.165) is 25.1 Å². The van der Waals surface area contributed by atoms with Crippen molar-refractivity contribution in [2.24, 2.45) is 0 Å². The van der Waals surface area contributed by atoms with E-state index in [1.54, 1.807) is 17.0 Å². The highest BCUT2D eigenvalue weighted by atomic mass is 19.1. The van der Waals surface area contributed by atoms with E-state index in [2.05, 4.69) is 10.2 Å². The lowest BCUT2D eigenvalue weighted by molar-refractivity contribution is -0.146. The number of nitrogens with zero attached hydrogens (tertiary/aromatic N) is 2. The normalized spacial score (nSPS) is 21.0. The third-order valence-corrected chi connectivity index (χ3v) is 4.47. The van der Waals surface area contributed by atoms with Gasteiger partial charge in [-0.15, -0.1) is 0 Å². The number of halogens is 1. The largest absolute Gasteiger partial charge is 0.376 e. The molecule has 0 bridgehead atoms. The minimum Gasteiger partial charge on any atom is -0.376 e. The van der Waals surface area contributed by atoms with E-state index >= 15 is 0 Å². The number of carbonyl (C=O) groups is 2. The van der Waals surface area contributed by atoms with Gasteiger partial charge in [-0.2, -0.15) is 0 Å². The topological polar surface area (TPSA) is 61.9 Å². The number of piperazine rings is 1. The molecule has 0 radical (unpaired) electrons. The predicted octanol–water partition coefficient (Wildman–Crippen LogP) is 0.769. The predicted molar refractivity (Wildman–Crippen MR) is 87.2 cm³/mol. The first-order valence-corrected chi connectivity index (χ1v) is 8.33. The monoisotopic (exact) mass is 335 g/mol. The summed E-state index contributed by atoms with van der Waals surface area (Å²) in [5.74, 6) is -1.33. The lowest BCUT2D eigenvalue weighted by Gasteiger charge is -2.35. The number of carbonyl (C=O) groups excluding carboxylic acids is 2. The lowest BCUT2D eigenvalue weighted by Crippen LogP contribution is -2.53. The first-order valence-electron chi connectivity index (χ1n) is 8.33. The van der Waals surface area contributed by atoms with E-state index in [-0.39, 0.29) is 11.9 Å². The van der Waals surface area contributed by atoms with Crippen molar-refractivity contribution in [1.29, 1.82) is 0 Å².